The first kappa shape index (κ1) is 16.2. The summed E-state index contributed by atoms with van der Waals surface area (Å²) in [6.07, 6.45) is 0. The van der Waals surface area contributed by atoms with E-state index in [0.717, 1.165) is 19.6 Å². The summed E-state index contributed by atoms with van der Waals surface area (Å²) in [5.41, 5.74) is 2.62. The number of hydrogen-bond acceptors (Lipinski definition) is 3. The zero-order valence-corrected chi connectivity index (χ0v) is 15.6. The molecule has 0 amide bonds. The molecule has 0 saturated carbocycles. The lowest BCUT2D eigenvalue weighted by atomic mass is 10.1. The third-order valence-corrected chi connectivity index (χ3v) is 5.41. The second-order valence-electron chi connectivity index (χ2n) is 4.86. The Kier molecular flexibility index (Phi) is 6.23. The van der Waals surface area contributed by atoms with Crippen molar-refractivity contribution in [2.45, 2.75) is 19.6 Å². The summed E-state index contributed by atoms with van der Waals surface area (Å²) in [5.74, 6) is 0. The van der Waals surface area contributed by atoms with Gasteiger partial charge in [-0.05, 0) is 53.3 Å². The molecule has 1 N–H and O–H groups in total. The summed E-state index contributed by atoms with van der Waals surface area (Å²) in [7, 11) is 4.12. The number of rotatable bonds is 6. The second kappa shape index (κ2) is 7.71. The minimum atomic E-state index is 0.901. The first-order valence-corrected chi connectivity index (χ1v) is 8.88. The molecule has 1 aromatic heterocycles. The highest BCUT2D eigenvalue weighted by atomic mass is 79.9. The first-order valence-electron chi connectivity index (χ1n) is 6.42. The maximum absolute atomic E-state index is 3.68. The molecule has 2 aromatic rings. The monoisotopic (exact) mass is 416 g/mol. The SMILES string of the molecule is CNCc1ccc(CN(C)Cc2cc(Br)cs2)c(Br)c1. The quantitative estimate of drug-likeness (QED) is 0.737. The van der Waals surface area contributed by atoms with Crippen LogP contribution in [-0.4, -0.2) is 19.0 Å². The van der Waals surface area contributed by atoms with Crippen LogP contribution in [0.2, 0.25) is 0 Å². The molecule has 20 heavy (non-hydrogen) atoms. The fourth-order valence-corrected chi connectivity index (χ4v) is 4.16. The van der Waals surface area contributed by atoms with Gasteiger partial charge in [0.15, 0.2) is 0 Å². The Morgan fingerprint density at radius 2 is 2.00 bits per heavy atom. The van der Waals surface area contributed by atoms with Crippen LogP contribution in [0.3, 0.4) is 0 Å². The fraction of sp³-hybridized carbons (Fsp3) is 0.333. The van der Waals surface area contributed by atoms with Gasteiger partial charge >= 0.3 is 0 Å². The van der Waals surface area contributed by atoms with Crippen LogP contribution < -0.4 is 5.32 Å². The van der Waals surface area contributed by atoms with Crippen LogP contribution in [0.5, 0.6) is 0 Å². The van der Waals surface area contributed by atoms with Crippen LogP contribution in [0.4, 0.5) is 0 Å². The van der Waals surface area contributed by atoms with E-state index in [-0.39, 0.29) is 0 Å². The average molecular weight is 418 g/mol. The molecule has 0 aliphatic heterocycles. The lowest BCUT2D eigenvalue weighted by Gasteiger charge is -2.17. The lowest BCUT2D eigenvalue weighted by Crippen LogP contribution is -2.17. The van der Waals surface area contributed by atoms with Crippen molar-refractivity contribution in [3.63, 3.8) is 0 Å². The predicted octanol–water partition coefficient (Wildman–Crippen LogP) is 4.62. The molecule has 1 aromatic carbocycles. The van der Waals surface area contributed by atoms with Gasteiger partial charge in [0.25, 0.3) is 0 Å². The standard InChI is InChI=1S/C15H18Br2N2S/c1-18-7-11-3-4-12(15(17)5-11)8-19(2)9-14-6-13(16)10-20-14/h3-6,10,18H,7-9H2,1-2H3. The highest BCUT2D eigenvalue weighted by molar-refractivity contribution is 9.10. The Labute approximate surface area is 141 Å². The number of benzene rings is 1. The van der Waals surface area contributed by atoms with Crippen LogP contribution in [0.15, 0.2) is 38.6 Å². The number of halogens is 2. The van der Waals surface area contributed by atoms with Crippen LogP contribution >= 0.6 is 43.2 Å². The van der Waals surface area contributed by atoms with Crippen molar-refractivity contribution in [3.8, 4) is 0 Å². The molecule has 0 fully saturated rings. The molecule has 2 rings (SSSR count). The van der Waals surface area contributed by atoms with Crippen molar-refractivity contribution >= 4 is 43.2 Å². The van der Waals surface area contributed by atoms with Crippen molar-refractivity contribution in [1.82, 2.24) is 10.2 Å². The summed E-state index contributed by atoms with van der Waals surface area (Å²) in [6.45, 7) is 2.81. The third-order valence-electron chi connectivity index (χ3n) is 2.99. The van der Waals surface area contributed by atoms with E-state index in [2.05, 4.69) is 78.8 Å². The lowest BCUT2D eigenvalue weighted by molar-refractivity contribution is 0.321. The van der Waals surface area contributed by atoms with Gasteiger partial charge in [0.2, 0.25) is 0 Å². The molecule has 0 aliphatic carbocycles. The molecule has 108 valence electrons. The zero-order chi connectivity index (χ0) is 14.5. The van der Waals surface area contributed by atoms with Crippen molar-refractivity contribution in [1.29, 1.82) is 0 Å². The van der Waals surface area contributed by atoms with Gasteiger partial charge in [-0.25, -0.2) is 0 Å². The van der Waals surface area contributed by atoms with Crippen molar-refractivity contribution in [2.24, 2.45) is 0 Å². The molecular weight excluding hydrogens is 400 g/mol. The predicted molar refractivity (Wildman–Crippen MR) is 94.1 cm³/mol. The van der Waals surface area contributed by atoms with Gasteiger partial charge in [-0.3, -0.25) is 4.90 Å². The smallest absolute Gasteiger partial charge is 0.0328 e. The fourth-order valence-electron chi connectivity index (χ4n) is 2.08. The van der Waals surface area contributed by atoms with Crippen molar-refractivity contribution < 1.29 is 0 Å². The number of hydrogen-bond donors (Lipinski definition) is 1. The maximum Gasteiger partial charge on any atom is 0.0328 e. The topological polar surface area (TPSA) is 15.3 Å². The molecule has 0 unspecified atom stereocenters. The van der Waals surface area contributed by atoms with E-state index >= 15 is 0 Å². The minimum Gasteiger partial charge on any atom is -0.316 e. The third kappa shape index (κ3) is 4.67. The molecule has 0 aliphatic rings. The maximum atomic E-state index is 3.68. The molecule has 0 spiro atoms. The Morgan fingerprint density at radius 3 is 2.60 bits per heavy atom. The molecule has 5 heteroatoms. The average Bonchev–Trinajstić information content (AvgIpc) is 2.78. The number of nitrogens with zero attached hydrogens (tertiary/aromatic N) is 1. The van der Waals surface area contributed by atoms with Gasteiger partial charge in [0.05, 0.1) is 0 Å². The van der Waals surface area contributed by atoms with E-state index in [0.29, 0.717) is 0 Å². The Hall–Kier alpha value is -0.200. The highest BCUT2D eigenvalue weighted by Gasteiger charge is 2.07. The number of thiophene rings is 1. The number of nitrogens with one attached hydrogen (secondary N) is 1. The van der Waals surface area contributed by atoms with Crippen LogP contribution in [0, 0.1) is 0 Å². The second-order valence-corrected chi connectivity index (χ2v) is 7.63. The van der Waals surface area contributed by atoms with E-state index in [1.54, 1.807) is 11.3 Å². The van der Waals surface area contributed by atoms with Gasteiger partial charge in [0, 0.05) is 38.8 Å². The van der Waals surface area contributed by atoms with Crippen LogP contribution in [-0.2, 0) is 19.6 Å². The molecule has 0 bridgehead atoms. The summed E-state index contributed by atoms with van der Waals surface area (Å²) in [6, 6.07) is 8.78. The van der Waals surface area contributed by atoms with Gasteiger partial charge in [-0.15, -0.1) is 11.3 Å². The first-order chi connectivity index (χ1) is 9.58. The Morgan fingerprint density at radius 1 is 1.20 bits per heavy atom. The summed E-state index contributed by atoms with van der Waals surface area (Å²) >= 11 is 8.97. The molecule has 1 heterocycles. The molecule has 0 atom stereocenters. The van der Waals surface area contributed by atoms with Gasteiger partial charge in [-0.2, -0.15) is 0 Å². The van der Waals surface area contributed by atoms with E-state index < -0.39 is 0 Å². The van der Waals surface area contributed by atoms with Crippen molar-refractivity contribution in [3.05, 3.63) is 54.6 Å². The normalized spacial score (nSPS) is 11.2. The molecular formula is C15H18Br2N2S. The van der Waals surface area contributed by atoms with E-state index in [4.69, 9.17) is 0 Å². The summed E-state index contributed by atoms with van der Waals surface area (Å²) < 4.78 is 2.35. The Balaban J connectivity index is 1.98. The van der Waals surface area contributed by atoms with Crippen molar-refractivity contribution in [2.75, 3.05) is 14.1 Å². The minimum absolute atomic E-state index is 0.901. The van der Waals surface area contributed by atoms with Gasteiger partial charge < -0.3 is 5.32 Å². The summed E-state index contributed by atoms with van der Waals surface area (Å²) in [5, 5.41) is 5.30. The summed E-state index contributed by atoms with van der Waals surface area (Å²) in [4.78, 5) is 3.71. The van der Waals surface area contributed by atoms with E-state index in [1.807, 2.05) is 7.05 Å². The molecule has 2 nitrogen and oxygen atoms in total. The Bertz CT molecular complexity index is 569. The van der Waals surface area contributed by atoms with Crippen LogP contribution in [0.25, 0.3) is 0 Å². The largest absolute Gasteiger partial charge is 0.316 e. The van der Waals surface area contributed by atoms with E-state index in [1.165, 1.54) is 24.9 Å². The van der Waals surface area contributed by atoms with Gasteiger partial charge in [0.1, 0.15) is 0 Å². The molecule has 0 radical (unpaired) electrons. The highest BCUT2D eigenvalue weighted by Crippen LogP contribution is 2.23. The van der Waals surface area contributed by atoms with Crippen LogP contribution in [0.1, 0.15) is 16.0 Å². The zero-order valence-electron chi connectivity index (χ0n) is 11.6. The van der Waals surface area contributed by atoms with E-state index in [9.17, 15) is 0 Å². The van der Waals surface area contributed by atoms with Gasteiger partial charge in [-0.1, -0.05) is 28.1 Å². The molecule has 0 saturated heterocycles.